The molecule has 25 heavy (non-hydrogen) atoms. The van der Waals surface area contributed by atoms with Crippen LogP contribution in [0.5, 0.6) is 0 Å². The van der Waals surface area contributed by atoms with Crippen LogP contribution in [0.3, 0.4) is 0 Å². The van der Waals surface area contributed by atoms with Gasteiger partial charge in [0.15, 0.2) is 10.3 Å². The molecule has 2 heterocycles. The van der Waals surface area contributed by atoms with E-state index in [4.69, 9.17) is 23.2 Å². The number of aryl methyl sites for hydroxylation is 1. The second kappa shape index (κ2) is 7.23. The van der Waals surface area contributed by atoms with Crippen LogP contribution in [0, 0.1) is 18.3 Å². The van der Waals surface area contributed by atoms with Crippen LogP contribution in [0.15, 0.2) is 45.4 Å². The average molecular weight is 390 g/mol. The molecule has 0 aliphatic heterocycles. The highest BCUT2D eigenvalue weighted by molar-refractivity contribution is 7.99. The second-order valence-corrected chi connectivity index (χ2v) is 6.70. The van der Waals surface area contributed by atoms with Crippen molar-refractivity contribution in [2.45, 2.75) is 17.2 Å². The summed E-state index contributed by atoms with van der Waals surface area (Å²) in [5, 5.41) is 10.1. The standard InChI is InChI=1S/C16H9Cl2N5OS/c1-8-2-4-9(5-3-8)13-10(7-19)14(24)23-16(22-13)25-15-20-11(17)6-12(18)21-15/h2-6H,1H3,(H,22,23,24). The number of nitrogens with one attached hydrogen (secondary N) is 1. The molecule has 1 aromatic carbocycles. The normalized spacial score (nSPS) is 10.5. The van der Waals surface area contributed by atoms with E-state index in [1.165, 1.54) is 6.07 Å². The lowest BCUT2D eigenvalue weighted by Gasteiger charge is -2.06. The van der Waals surface area contributed by atoms with Crippen molar-refractivity contribution < 1.29 is 0 Å². The number of nitrogens with zero attached hydrogens (tertiary/aromatic N) is 4. The van der Waals surface area contributed by atoms with E-state index in [0.29, 0.717) is 11.3 Å². The van der Waals surface area contributed by atoms with Crippen molar-refractivity contribution in [1.82, 2.24) is 19.9 Å². The summed E-state index contributed by atoms with van der Waals surface area (Å²) in [6, 6.07) is 10.7. The molecule has 9 heteroatoms. The Balaban J connectivity index is 2.09. The van der Waals surface area contributed by atoms with Crippen molar-refractivity contribution in [2.24, 2.45) is 0 Å². The third-order valence-corrected chi connectivity index (χ3v) is 4.30. The van der Waals surface area contributed by atoms with E-state index in [1.54, 1.807) is 12.1 Å². The van der Waals surface area contributed by atoms with Gasteiger partial charge in [-0.05, 0) is 18.7 Å². The summed E-state index contributed by atoms with van der Waals surface area (Å²) in [7, 11) is 0. The number of H-pyrrole nitrogens is 1. The highest BCUT2D eigenvalue weighted by Gasteiger charge is 2.15. The SMILES string of the molecule is Cc1ccc(-c2nc(Sc3nc(Cl)cc(Cl)n3)[nH]c(=O)c2C#N)cc1. The fourth-order valence-corrected chi connectivity index (χ4v) is 3.29. The quantitative estimate of drug-likeness (QED) is 0.539. The molecule has 3 aromatic rings. The predicted molar refractivity (Wildman–Crippen MR) is 95.9 cm³/mol. The highest BCUT2D eigenvalue weighted by atomic mass is 35.5. The Morgan fingerprint density at radius 1 is 1.12 bits per heavy atom. The van der Waals surface area contributed by atoms with Crippen LogP contribution in [0.4, 0.5) is 0 Å². The van der Waals surface area contributed by atoms with Crippen molar-refractivity contribution >= 4 is 35.0 Å². The Morgan fingerprint density at radius 3 is 2.36 bits per heavy atom. The van der Waals surface area contributed by atoms with E-state index in [2.05, 4.69) is 19.9 Å². The summed E-state index contributed by atoms with van der Waals surface area (Å²) < 4.78 is 0. The molecule has 0 saturated carbocycles. The first kappa shape index (κ1) is 17.4. The lowest BCUT2D eigenvalue weighted by atomic mass is 10.1. The van der Waals surface area contributed by atoms with Crippen molar-refractivity contribution in [1.29, 1.82) is 5.26 Å². The minimum Gasteiger partial charge on any atom is -0.300 e. The molecule has 0 aliphatic carbocycles. The van der Waals surface area contributed by atoms with Gasteiger partial charge < -0.3 is 0 Å². The van der Waals surface area contributed by atoms with Crippen LogP contribution in [0.1, 0.15) is 11.1 Å². The minimum atomic E-state index is -0.538. The zero-order chi connectivity index (χ0) is 18.0. The number of rotatable bonds is 3. The highest BCUT2D eigenvalue weighted by Crippen LogP contribution is 2.27. The summed E-state index contributed by atoms with van der Waals surface area (Å²) in [6.45, 7) is 1.95. The zero-order valence-corrected chi connectivity index (χ0v) is 15.1. The van der Waals surface area contributed by atoms with Gasteiger partial charge in [-0.1, -0.05) is 53.0 Å². The third-order valence-electron chi connectivity index (χ3n) is 3.17. The maximum atomic E-state index is 12.2. The fourth-order valence-electron chi connectivity index (χ4n) is 2.03. The molecule has 6 nitrogen and oxygen atoms in total. The summed E-state index contributed by atoms with van der Waals surface area (Å²) >= 11 is 12.7. The van der Waals surface area contributed by atoms with E-state index >= 15 is 0 Å². The smallest absolute Gasteiger partial charge is 0.270 e. The van der Waals surface area contributed by atoms with E-state index in [-0.39, 0.29) is 26.2 Å². The molecule has 1 N–H and O–H groups in total. The Bertz CT molecular complexity index is 1020. The molecular weight excluding hydrogens is 381 g/mol. The lowest BCUT2D eigenvalue weighted by Crippen LogP contribution is -2.14. The van der Waals surface area contributed by atoms with Crippen LogP contribution in [-0.4, -0.2) is 19.9 Å². The van der Waals surface area contributed by atoms with Gasteiger partial charge in [-0.25, -0.2) is 15.0 Å². The fraction of sp³-hybridized carbons (Fsp3) is 0.0625. The van der Waals surface area contributed by atoms with Gasteiger partial charge in [-0.2, -0.15) is 5.26 Å². The van der Waals surface area contributed by atoms with Gasteiger partial charge in [-0.15, -0.1) is 0 Å². The van der Waals surface area contributed by atoms with Crippen LogP contribution < -0.4 is 5.56 Å². The Kier molecular flexibility index (Phi) is 5.04. The van der Waals surface area contributed by atoms with Gasteiger partial charge >= 0.3 is 0 Å². The van der Waals surface area contributed by atoms with Crippen LogP contribution >= 0.6 is 35.0 Å². The average Bonchev–Trinajstić information content (AvgIpc) is 2.54. The molecular formula is C16H9Cl2N5OS. The van der Waals surface area contributed by atoms with Gasteiger partial charge in [0.25, 0.3) is 5.56 Å². The van der Waals surface area contributed by atoms with Gasteiger partial charge in [-0.3, -0.25) is 9.78 Å². The van der Waals surface area contributed by atoms with Gasteiger partial charge in [0.2, 0.25) is 0 Å². The molecule has 0 radical (unpaired) electrons. The maximum Gasteiger partial charge on any atom is 0.270 e. The number of nitriles is 1. The summed E-state index contributed by atoms with van der Waals surface area (Å²) in [5.74, 6) is 0. The zero-order valence-electron chi connectivity index (χ0n) is 12.7. The van der Waals surface area contributed by atoms with E-state index in [1.807, 2.05) is 25.1 Å². The van der Waals surface area contributed by atoms with Crippen LogP contribution in [0.2, 0.25) is 10.3 Å². The summed E-state index contributed by atoms with van der Waals surface area (Å²) in [5.41, 5.74) is 1.42. The first-order valence-electron chi connectivity index (χ1n) is 6.95. The first-order chi connectivity index (χ1) is 12.0. The molecule has 0 saturated heterocycles. The molecule has 0 fully saturated rings. The van der Waals surface area contributed by atoms with Gasteiger partial charge in [0.05, 0.1) is 5.69 Å². The van der Waals surface area contributed by atoms with Gasteiger partial charge in [0, 0.05) is 11.6 Å². The van der Waals surface area contributed by atoms with Crippen molar-refractivity contribution in [3.05, 3.63) is 62.1 Å². The molecule has 0 unspecified atom stereocenters. The molecule has 2 aromatic heterocycles. The Hall–Kier alpha value is -2.40. The van der Waals surface area contributed by atoms with Crippen LogP contribution in [-0.2, 0) is 0 Å². The lowest BCUT2D eigenvalue weighted by molar-refractivity contribution is 0.910. The third kappa shape index (κ3) is 3.99. The topological polar surface area (TPSA) is 95.3 Å². The monoisotopic (exact) mass is 389 g/mol. The number of hydrogen-bond acceptors (Lipinski definition) is 6. The van der Waals surface area contributed by atoms with Crippen molar-refractivity contribution in [3.63, 3.8) is 0 Å². The Morgan fingerprint density at radius 2 is 1.76 bits per heavy atom. The number of halogens is 2. The molecule has 3 rings (SSSR count). The van der Waals surface area contributed by atoms with E-state index in [9.17, 15) is 10.1 Å². The first-order valence-corrected chi connectivity index (χ1v) is 8.53. The largest absolute Gasteiger partial charge is 0.300 e. The second-order valence-electron chi connectivity index (χ2n) is 4.97. The van der Waals surface area contributed by atoms with E-state index in [0.717, 1.165) is 17.3 Å². The molecule has 0 spiro atoms. The van der Waals surface area contributed by atoms with Crippen LogP contribution in [0.25, 0.3) is 11.3 Å². The summed E-state index contributed by atoms with van der Waals surface area (Å²) in [4.78, 5) is 27.2. The number of aromatic amines is 1. The molecule has 124 valence electrons. The van der Waals surface area contributed by atoms with Crippen molar-refractivity contribution in [3.8, 4) is 17.3 Å². The predicted octanol–water partition coefficient (Wildman–Crippen LogP) is 3.87. The number of benzene rings is 1. The maximum absolute atomic E-state index is 12.2. The van der Waals surface area contributed by atoms with Gasteiger partial charge in [0.1, 0.15) is 21.9 Å². The molecule has 0 amide bonds. The Labute approximate surface area is 156 Å². The number of aromatic nitrogens is 4. The van der Waals surface area contributed by atoms with Crippen molar-refractivity contribution in [2.75, 3.05) is 0 Å². The van der Waals surface area contributed by atoms with E-state index < -0.39 is 5.56 Å². The summed E-state index contributed by atoms with van der Waals surface area (Å²) in [6.07, 6.45) is 0. The minimum absolute atomic E-state index is 0.0572. The molecule has 0 atom stereocenters. The molecule has 0 bridgehead atoms. The molecule has 0 aliphatic rings. The number of hydrogen-bond donors (Lipinski definition) is 1.